The van der Waals surface area contributed by atoms with Crippen molar-refractivity contribution >= 4 is 75.6 Å². The van der Waals surface area contributed by atoms with E-state index in [2.05, 4.69) is 106 Å². The van der Waals surface area contributed by atoms with Crippen LogP contribution in [0.5, 0.6) is 17.2 Å². The Kier molecular flexibility index (Phi) is 21.5. The maximum Gasteiger partial charge on any atom is 0.586 e. The van der Waals surface area contributed by atoms with E-state index in [0.717, 1.165) is 16.7 Å². The van der Waals surface area contributed by atoms with Crippen LogP contribution in [0.25, 0.3) is 45.0 Å². The smallest absolute Gasteiger partial charge is 0.495 e. The van der Waals surface area contributed by atoms with Crippen LogP contribution in [-0.4, -0.2) is 113 Å². The second kappa shape index (κ2) is 31.5. The zero-order valence-corrected chi connectivity index (χ0v) is 52.1. The van der Waals surface area contributed by atoms with E-state index in [0.29, 0.717) is 62.7 Å². The lowest BCUT2D eigenvalue weighted by Crippen LogP contribution is -2.26. The summed E-state index contributed by atoms with van der Waals surface area (Å²) in [4.78, 5) is 119. The summed E-state index contributed by atoms with van der Waals surface area (Å²) in [7, 11) is 1.50. The molecule has 10 aromatic heterocycles. The predicted octanol–water partition coefficient (Wildman–Crippen LogP) is 10.5. The van der Waals surface area contributed by atoms with Gasteiger partial charge >= 0.3 is 6.29 Å². The lowest BCUT2D eigenvalue weighted by atomic mass is 10.2. The average molecular weight is 1340 g/mol. The summed E-state index contributed by atoms with van der Waals surface area (Å²) in [6, 6.07) is 31.9. The summed E-state index contributed by atoms with van der Waals surface area (Å²) in [6.45, 7) is 3.12. The lowest BCUT2D eigenvalue weighted by Gasteiger charge is -2.13. The number of nitrogen functional groups attached to an aromatic ring is 3. The number of hydrogen-bond donors (Lipinski definition) is 8. The average Bonchev–Trinajstić information content (AvgIpc) is 1.57. The van der Waals surface area contributed by atoms with E-state index in [1.54, 1.807) is 160 Å². The number of methoxy groups -OCH3 is 1. The fourth-order valence-corrected chi connectivity index (χ4v) is 8.73. The van der Waals surface area contributed by atoms with E-state index in [9.17, 15) is 32.8 Å². The first-order chi connectivity index (χ1) is 47.9. The van der Waals surface area contributed by atoms with Crippen molar-refractivity contribution in [3.8, 4) is 62.3 Å². The number of aryl methyl sites for hydroxylation is 1. The number of ether oxygens (including phenoxy) is 3. The van der Waals surface area contributed by atoms with Crippen molar-refractivity contribution in [3.63, 3.8) is 0 Å². The molecule has 1 aliphatic heterocycles. The Hall–Kier alpha value is -14.3. The molecule has 11 N–H and O–H groups in total. The highest BCUT2D eigenvalue weighted by Gasteiger charge is 2.45. The fraction of sp³-hybridized carbons (Fsp3) is 0.0597. The van der Waals surface area contributed by atoms with Gasteiger partial charge in [-0.05, 0) is 110 Å². The van der Waals surface area contributed by atoms with Crippen LogP contribution in [0.1, 0.15) is 61.7 Å². The number of carbonyl (C=O) groups excluding carboxylic acids is 5. The van der Waals surface area contributed by atoms with Gasteiger partial charge in [-0.1, -0.05) is 12.1 Å². The lowest BCUT2D eigenvalue weighted by molar-refractivity contribution is -0.286. The van der Waals surface area contributed by atoms with Gasteiger partial charge in [0.1, 0.15) is 17.3 Å². The number of anilines is 8. The van der Waals surface area contributed by atoms with Crippen molar-refractivity contribution in [3.05, 3.63) is 237 Å². The van der Waals surface area contributed by atoms with Gasteiger partial charge in [0.15, 0.2) is 46.0 Å². The Morgan fingerprint density at radius 2 is 0.919 bits per heavy atom. The first-order valence-electron chi connectivity index (χ1n) is 29.1. The summed E-state index contributed by atoms with van der Waals surface area (Å²) >= 11 is 0. The van der Waals surface area contributed by atoms with E-state index in [1.165, 1.54) is 50.8 Å². The minimum Gasteiger partial charge on any atom is -0.495 e. The molecule has 11 heterocycles. The molecule has 12 aromatic rings. The molecule has 2 aromatic carbocycles. The fourth-order valence-electron chi connectivity index (χ4n) is 8.73. The highest BCUT2D eigenvalue weighted by atomic mass is 19.3. The quantitative estimate of drug-likeness (QED) is 0.0501. The first-order valence-corrected chi connectivity index (χ1v) is 29.1. The number of aromatic nitrogens is 14. The second-order valence-electron chi connectivity index (χ2n) is 20.3. The number of pyridine rings is 6. The second-order valence-corrected chi connectivity index (χ2v) is 20.3. The van der Waals surface area contributed by atoms with E-state index >= 15 is 0 Å². The van der Waals surface area contributed by atoms with E-state index in [1.807, 2.05) is 18.2 Å². The van der Waals surface area contributed by atoms with E-state index < -0.39 is 29.9 Å². The highest BCUT2D eigenvalue weighted by Crippen LogP contribution is 2.46. The van der Waals surface area contributed by atoms with E-state index in [-0.39, 0.29) is 70.5 Å². The molecule has 0 spiro atoms. The Bertz CT molecular complexity index is 4750. The maximum absolute atomic E-state index is 13.3. The van der Waals surface area contributed by atoms with Crippen molar-refractivity contribution < 1.29 is 54.1 Å². The van der Waals surface area contributed by atoms with Gasteiger partial charge in [0, 0.05) is 116 Å². The molecule has 99 heavy (non-hydrogen) atoms. The van der Waals surface area contributed by atoms with Crippen LogP contribution < -0.4 is 58.0 Å². The number of nitrogens with one attached hydrogen (secondary N) is 5. The van der Waals surface area contributed by atoms with E-state index in [4.69, 9.17) is 21.9 Å². The number of fused-ring (bicyclic) bond motifs is 1. The molecule has 0 fully saturated rings. The first kappa shape index (κ1) is 67.6. The number of amides is 5. The molecule has 0 saturated heterocycles. The molecule has 1 aliphatic rings. The molecule has 0 atom stereocenters. The number of alkyl halides is 2. The van der Waals surface area contributed by atoms with Gasteiger partial charge in [-0.15, -0.1) is 8.78 Å². The topological polar surface area (TPSA) is 432 Å². The molecule has 13 rings (SSSR count). The van der Waals surface area contributed by atoms with Crippen molar-refractivity contribution in [1.82, 2.24) is 69.8 Å². The van der Waals surface area contributed by atoms with Crippen LogP contribution >= 0.6 is 0 Å². The molecule has 0 aliphatic carbocycles. The van der Waals surface area contributed by atoms with Crippen molar-refractivity contribution in [2.75, 3.05) is 50.9 Å². The number of halogens is 2. The molecule has 504 valence electrons. The molecule has 0 bridgehead atoms. The summed E-state index contributed by atoms with van der Waals surface area (Å²) < 4.78 is 40.6. The molecule has 0 saturated carbocycles. The van der Waals surface area contributed by atoms with Crippen LogP contribution in [0.4, 0.5) is 54.8 Å². The zero-order chi connectivity index (χ0) is 69.8. The Balaban J connectivity index is 0.000000247. The van der Waals surface area contributed by atoms with Gasteiger partial charge in [-0.2, -0.15) is 0 Å². The number of para-hydroxylation sites is 1. The number of nitrogens with two attached hydrogens (primary N) is 3. The molecule has 0 unspecified atom stereocenters. The Morgan fingerprint density at radius 3 is 1.39 bits per heavy atom. The third kappa shape index (κ3) is 17.9. The molecule has 32 heteroatoms. The van der Waals surface area contributed by atoms with Crippen molar-refractivity contribution in [2.45, 2.75) is 20.1 Å². The Morgan fingerprint density at radius 1 is 0.444 bits per heavy atom. The van der Waals surface area contributed by atoms with Gasteiger partial charge in [-0.25, -0.2) is 39.9 Å². The summed E-state index contributed by atoms with van der Waals surface area (Å²) in [6.07, 6.45) is 20.0. The SMILES string of the molecule is COc1ccc(NC(C)=O)cc1NC(=O)c1nc(-c2cccnc2)cnc1C.Nc1ncc(-c2cccnc2)nc1C(=O)Nc1cccc2c1OC(F)(F)O2.Nc1ncc(-c2cccnc2)nc1C(=O)Nc1ccccn1.Nc1ncc(-c2cccnc2)nc1C(=O)Nc1ccncc1.[HH].[HH].[HH].[HH].[HH]. The van der Waals surface area contributed by atoms with Crippen LogP contribution in [-0.2, 0) is 4.79 Å². The minimum absolute atomic E-state index is 0. The number of hydrogen-bond acceptors (Lipinski definition) is 25. The molecule has 5 amide bonds. The standard InChI is InChI=1S/C20H19N5O3.C17H11F2N5O3.2C15H12N6O.5H2/c1-12-19(24-17(11-22-12)14-5-4-8-21-10-14)20(27)25-16-9-15(23-13(2)26)6-7-18(16)28-3;18-17(19)26-12-5-1-4-10(14(12)27-17)24-16(25)13-15(20)22-8-11(23-13)9-3-2-6-21-7-9;16-14-13(15(22)20-11-3-6-17-7-4-11)21-12(9-19-14)10-2-1-5-18-8-10;16-14-13(15(22)21-12-5-1-2-7-18-12)20-11(9-19-14)10-4-3-6-17-8-10;;;;;/h4-11H,1-3H3,(H,23,26)(H,25,27);1-8H,(H2,20,22)(H,24,25);1-9H,(H2,16,19)(H,17,20,22);1-9H,(H2,16,19)(H,18,21,22);5*1H. The van der Waals surface area contributed by atoms with Crippen LogP contribution in [0.2, 0.25) is 0 Å². The largest absolute Gasteiger partial charge is 0.586 e. The number of nitrogens with zero attached hydrogens (tertiary/aromatic N) is 14. The summed E-state index contributed by atoms with van der Waals surface area (Å²) in [5.41, 5.74) is 24.3. The van der Waals surface area contributed by atoms with Gasteiger partial charge in [-0.3, -0.25) is 53.9 Å². The third-order valence-corrected chi connectivity index (χ3v) is 13.3. The minimum atomic E-state index is -3.80. The normalized spacial score (nSPS) is 11.2. The van der Waals surface area contributed by atoms with Crippen LogP contribution in [0.15, 0.2) is 208 Å². The third-order valence-electron chi connectivity index (χ3n) is 13.3. The van der Waals surface area contributed by atoms with Gasteiger partial charge < -0.3 is 58.0 Å². The molecule has 0 radical (unpaired) electrons. The highest BCUT2D eigenvalue weighted by molar-refractivity contribution is 6.08. The zero-order valence-electron chi connectivity index (χ0n) is 52.1. The maximum atomic E-state index is 13.3. The molecular formula is C67H64F2N22O8. The Labute approximate surface area is 567 Å². The summed E-state index contributed by atoms with van der Waals surface area (Å²) in [5, 5.41) is 13.2. The van der Waals surface area contributed by atoms with Crippen LogP contribution in [0, 0.1) is 6.92 Å². The monoisotopic (exact) mass is 1340 g/mol. The van der Waals surface area contributed by atoms with Gasteiger partial charge in [0.25, 0.3) is 23.6 Å². The predicted molar refractivity (Wildman–Crippen MR) is 370 cm³/mol. The van der Waals surface area contributed by atoms with Gasteiger partial charge in [0.05, 0.1) is 71.7 Å². The number of rotatable bonds is 14. The van der Waals surface area contributed by atoms with Gasteiger partial charge in [0.2, 0.25) is 5.91 Å². The van der Waals surface area contributed by atoms with Crippen LogP contribution in [0.3, 0.4) is 0 Å². The number of carbonyl (C=O) groups is 5. The van der Waals surface area contributed by atoms with Crippen molar-refractivity contribution in [2.24, 2.45) is 0 Å². The molecule has 30 nitrogen and oxygen atoms in total. The molecular weight excluding hydrogens is 1280 g/mol. The van der Waals surface area contributed by atoms with Crippen molar-refractivity contribution in [1.29, 1.82) is 0 Å². The number of benzene rings is 2. The summed E-state index contributed by atoms with van der Waals surface area (Å²) in [5.74, 6) is -1.88.